The third-order valence-electron chi connectivity index (χ3n) is 12.3. The standard InChI is InChI=1S/C52H54ClN3O7S/c1-36-13-23-47(24-14-36)64(60,61)55-48(30-37-7-3-2-4-8-37)50(58)54-33-39-9-5-10-41(29-39)42-11-6-12-43(31-42)51-62-46(32-49(63-51)40-17-15-38(35-57)16-18-40)34-56-27-25-52(59,26-28-56)44-19-21-45(53)22-20-44/h2-24,29,31,46,48-49,51,55,57,59H,25-28,30,32-35H2,1H3,(H,54,58). The van der Waals surface area contributed by atoms with Crippen molar-refractivity contribution in [3.05, 3.63) is 196 Å². The number of rotatable bonds is 15. The van der Waals surface area contributed by atoms with Gasteiger partial charge in [0.1, 0.15) is 6.04 Å². The molecular weight excluding hydrogens is 846 g/mol. The molecule has 6 aromatic rings. The van der Waals surface area contributed by atoms with E-state index in [1.54, 1.807) is 12.1 Å². The Morgan fingerprint density at radius 1 is 0.781 bits per heavy atom. The number of carbonyl (C=O) groups excluding carboxylic acids is 1. The normalized spacial score (nSPS) is 19.5. The van der Waals surface area contributed by atoms with Crippen LogP contribution < -0.4 is 10.0 Å². The Balaban J connectivity index is 0.964. The minimum absolute atomic E-state index is 0.0390. The molecule has 0 radical (unpaired) electrons. The lowest BCUT2D eigenvalue weighted by Gasteiger charge is -2.42. The zero-order chi connectivity index (χ0) is 44.7. The number of amides is 1. The number of aliphatic hydroxyl groups excluding tert-OH is 1. The van der Waals surface area contributed by atoms with Crippen LogP contribution in [-0.4, -0.2) is 61.2 Å². The maximum atomic E-state index is 13.8. The van der Waals surface area contributed by atoms with Crippen LogP contribution in [0.25, 0.3) is 11.1 Å². The Morgan fingerprint density at radius 3 is 2.16 bits per heavy atom. The van der Waals surface area contributed by atoms with Crippen LogP contribution in [-0.2, 0) is 49.5 Å². The molecule has 0 saturated carbocycles. The van der Waals surface area contributed by atoms with Gasteiger partial charge in [-0.25, -0.2) is 8.42 Å². The van der Waals surface area contributed by atoms with Gasteiger partial charge in [-0.1, -0.05) is 132 Å². The number of halogens is 1. The molecule has 0 aliphatic carbocycles. The highest BCUT2D eigenvalue weighted by atomic mass is 35.5. The summed E-state index contributed by atoms with van der Waals surface area (Å²) in [5.41, 5.74) is 7.14. The second-order valence-corrected chi connectivity index (χ2v) is 19.1. The largest absolute Gasteiger partial charge is 0.392 e. The number of aryl methyl sites for hydroxylation is 1. The summed E-state index contributed by atoms with van der Waals surface area (Å²) < 4.78 is 43.0. The highest BCUT2D eigenvalue weighted by molar-refractivity contribution is 7.89. The van der Waals surface area contributed by atoms with E-state index < -0.39 is 33.9 Å². The number of nitrogens with zero attached hydrogens (tertiary/aromatic N) is 1. The van der Waals surface area contributed by atoms with Crippen LogP contribution >= 0.6 is 11.6 Å². The quantitative estimate of drug-likeness (QED) is 0.0806. The molecule has 332 valence electrons. The zero-order valence-electron chi connectivity index (χ0n) is 35.8. The van der Waals surface area contributed by atoms with Crippen LogP contribution in [0.1, 0.15) is 70.6 Å². The summed E-state index contributed by atoms with van der Waals surface area (Å²) in [5, 5.41) is 24.9. The van der Waals surface area contributed by atoms with Crippen molar-refractivity contribution in [3.63, 3.8) is 0 Å². The number of sulfonamides is 1. The summed E-state index contributed by atoms with van der Waals surface area (Å²) in [5.74, 6) is -0.435. The molecule has 2 heterocycles. The Kier molecular flexibility index (Phi) is 14.4. The molecule has 4 atom stereocenters. The highest BCUT2D eigenvalue weighted by Crippen LogP contribution is 2.40. The molecule has 2 aliphatic rings. The fraction of sp³-hybridized carbons (Fsp3) is 0.288. The van der Waals surface area contributed by atoms with Crippen molar-refractivity contribution in [1.82, 2.24) is 14.9 Å². The molecule has 10 nitrogen and oxygen atoms in total. The number of benzene rings is 6. The summed E-state index contributed by atoms with van der Waals surface area (Å²) >= 11 is 6.13. The summed E-state index contributed by atoms with van der Waals surface area (Å²) in [6, 6.07) is 46.1. The molecule has 0 aromatic heterocycles. The predicted octanol–water partition coefficient (Wildman–Crippen LogP) is 8.54. The van der Waals surface area contributed by atoms with E-state index >= 15 is 0 Å². The SMILES string of the molecule is Cc1ccc(S(=O)(=O)NC(Cc2ccccc2)C(=O)NCc2cccc(-c3cccc(C4OC(CN5CCC(O)(c6ccc(Cl)cc6)CC5)CC(c5ccc(CO)cc5)O4)c3)c2)cc1. The van der Waals surface area contributed by atoms with Crippen molar-refractivity contribution in [2.75, 3.05) is 19.6 Å². The van der Waals surface area contributed by atoms with Gasteiger partial charge in [-0.2, -0.15) is 4.72 Å². The topological polar surface area (TPSA) is 137 Å². The molecule has 2 saturated heterocycles. The minimum atomic E-state index is -3.98. The van der Waals surface area contributed by atoms with Crippen molar-refractivity contribution >= 4 is 27.5 Å². The molecule has 2 aliphatic heterocycles. The van der Waals surface area contributed by atoms with Gasteiger partial charge in [0.25, 0.3) is 0 Å². The summed E-state index contributed by atoms with van der Waals surface area (Å²) in [6.45, 7) is 4.13. The van der Waals surface area contributed by atoms with Crippen molar-refractivity contribution in [1.29, 1.82) is 0 Å². The van der Waals surface area contributed by atoms with E-state index in [-0.39, 0.29) is 36.7 Å². The van der Waals surface area contributed by atoms with Gasteiger partial charge in [0.2, 0.25) is 15.9 Å². The van der Waals surface area contributed by atoms with Gasteiger partial charge >= 0.3 is 0 Å². The molecule has 64 heavy (non-hydrogen) atoms. The van der Waals surface area contributed by atoms with Crippen LogP contribution in [0.2, 0.25) is 5.02 Å². The third kappa shape index (κ3) is 11.4. The maximum absolute atomic E-state index is 13.8. The van der Waals surface area contributed by atoms with Crippen LogP contribution in [0.5, 0.6) is 0 Å². The predicted molar refractivity (Wildman–Crippen MR) is 249 cm³/mol. The molecule has 2 fully saturated rings. The Bertz CT molecular complexity index is 2600. The molecule has 0 spiro atoms. The number of likely N-dealkylation sites (tertiary alicyclic amines) is 1. The Hall–Kier alpha value is -5.21. The second kappa shape index (κ2) is 20.3. The van der Waals surface area contributed by atoms with Crippen molar-refractivity contribution < 1.29 is 32.9 Å². The van der Waals surface area contributed by atoms with Crippen molar-refractivity contribution in [3.8, 4) is 11.1 Å². The molecule has 0 bridgehead atoms. The minimum Gasteiger partial charge on any atom is -0.392 e. The van der Waals surface area contributed by atoms with Crippen LogP contribution in [0.15, 0.2) is 157 Å². The first-order chi connectivity index (χ1) is 30.9. The van der Waals surface area contributed by atoms with E-state index in [1.807, 2.05) is 128 Å². The van der Waals surface area contributed by atoms with Gasteiger partial charge in [-0.15, -0.1) is 0 Å². The van der Waals surface area contributed by atoms with E-state index in [4.69, 9.17) is 21.1 Å². The monoisotopic (exact) mass is 899 g/mol. The number of aliphatic hydroxyl groups is 2. The second-order valence-electron chi connectivity index (χ2n) is 16.9. The molecule has 12 heteroatoms. The maximum Gasteiger partial charge on any atom is 0.241 e. The van der Waals surface area contributed by atoms with E-state index in [0.717, 1.165) is 50.1 Å². The van der Waals surface area contributed by atoms with Crippen LogP contribution in [0.3, 0.4) is 0 Å². The number of hydrogen-bond donors (Lipinski definition) is 4. The van der Waals surface area contributed by atoms with Crippen molar-refractivity contribution in [2.24, 2.45) is 0 Å². The molecule has 6 aromatic carbocycles. The van der Waals surface area contributed by atoms with E-state index in [1.165, 1.54) is 12.1 Å². The van der Waals surface area contributed by atoms with Gasteiger partial charge in [0.05, 0.1) is 29.3 Å². The molecule has 4 N–H and O–H groups in total. The number of ether oxygens (including phenoxy) is 2. The van der Waals surface area contributed by atoms with Gasteiger partial charge < -0.3 is 29.9 Å². The Labute approximate surface area is 380 Å². The lowest BCUT2D eigenvalue weighted by atomic mass is 9.84. The van der Waals surface area contributed by atoms with Gasteiger partial charge in [0.15, 0.2) is 6.29 Å². The summed E-state index contributed by atoms with van der Waals surface area (Å²) in [7, 11) is -3.98. The molecular formula is C52H54ClN3O7S. The number of piperidine rings is 1. The summed E-state index contributed by atoms with van der Waals surface area (Å²) in [6.07, 6.45) is 0.931. The molecule has 8 rings (SSSR count). The Morgan fingerprint density at radius 2 is 1.45 bits per heavy atom. The zero-order valence-corrected chi connectivity index (χ0v) is 37.3. The van der Waals surface area contributed by atoms with Crippen LogP contribution in [0.4, 0.5) is 0 Å². The van der Waals surface area contributed by atoms with Crippen LogP contribution in [0, 0.1) is 6.92 Å². The lowest BCUT2D eigenvalue weighted by Crippen LogP contribution is -2.47. The third-order valence-corrected chi connectivity index (χ3v) is 14.0. The van der Waals surface area contributed by atoms with E-state index in [2.05, 4.69) is 21.0 Å². The van der Waals surface area contributed by atoms with Gasteiger partial charge in [-0.3, -0.25) is 4.79 Å². The average Bonchev–Trinajstić information content (AvgIpc) is 3.32. The number of carbonyl (C=O) groups is 1. The molecule has 1 amide bonds. The molecule has 4 unspecified atom stereocenters. The number of hydrogen-bond acceptors (Lipinski definition) is 8. The fourth-order valence-corrected chi connectivity index (χ4v) is 9.85. The van der Waals surface area contributed by atoms with Crippen molar-refractivity contribution in [2.45, 2.75) is 80.8 Å². The highest BCUT2D eigenvalue weighted by Gasteiger charge is 2.37. The fourth-order valence-electron chi connectivity index (χ4n) is 8.52. The summed E-state index contributed by atoms with van der Waals surface area (Å²) in [4.78, 5) is 16.2. The van der Waals surface area contributed by atoms with Gasteiger partial charge in [0, 0.05) is 43.2 Å². The smallest absolute Gasteiger partial charge is 0.241 e. The first kappa shape index (κ1) is 45.4. The number of nitrogens with one attached hydrogen (secondary N) is 2. The van der Waals surface area contributed by atoms with Gasteiger partial charge in [-0.05, 0) is 102 Å². The van der Waals surface area contributed by atoms with E-state index in [9.17, 15) is 23.4 Å². The first-order valence-corrected chi connectivity index (χ1v) is 23.6. The van der Waals surface area contributed by atoms with E-state index in [0.29, 0.717) is 43.9 Å². The first-order valence-electron chi connectivity index (χ1n) is 21.7. The average molecular weight is 901 g/mol. The lowest BCUT2D eigenvalue weighted by molar-refractivity contribution is -0.253.